The van der Waals surface area contributed by atoms with Gasteiger partial charge in [0.25, 0.3) is 5.56 Å². The molecule has 148 valence electrons. The SMILES string of the molecule is CCN(C(=O)Cn1c(=O)c(C(C)(C)C)nc2ccc(OC)nc21)c1nccs1. The van der Waals surface area contributed by atoms with Gasteiger partial charge in [-0.25, -0.2) is 9.97 Å². The third-order valence-corrected chi connectivity index (χ3v) is 5.04. The smallest absolute Gasteiger partial charge is 0.274 e. The summed E-state index contributed by atoms with van der Waals surface area (Å²) in [7, 11) is 1.50. The number of amides is 1. The van der Waals surface area contributed by atoms with Gasteiger partial charge >= 0.3 is 0 Å². The Morgan fingerprint density at radius 3 is 2.61 bits per heavy atom. The first-order valence-electron chi connectivity index (χ1n) is 8.92. The third kappa shape index (κ3) is 3.75. The summed E-state index contributed by atoms with van der Waals surface area (Å²) in [4.78, 5) is 40.9. The van der Waals surface area contributed by atoms with Gasteiger partial charge in [-0.2, -0.15) is 4.98 Å². The van der Waals surface area contributed by atoms with E-state index in [9.17, 15) is 9.59 Å². The van der Waals surface area contributed by atoms with E-state index in [0.717, 1.165) is 0 Å². The van der Waals surface area contributed by atoms with Gasteiger partial charge in [0.2, 0.25) is 11.8 Å². The molecule has 1 amide bonds. The van der Waals surface area contributed by atoms with E-state index in [-0.39, 0.29) is 18.0 Å². The van der Waals surface area contributed by atoms with E-state index in [1.807, 2.05) is 33.1 Å². The standard InChI is InChI=1S/C19H23N5O3S/c1-6-23(18-20-9-10-28-18)14(25)11-24-16-12(7-8-13(22-16)27-5)21-15(17(24)26)19(2,3)4/h7-10H,6,11H2,1-5H3. The van der Waals surface area contributed by atoms with Crippen LogP contribution in [0.1, 0.15) is 33.4 Å². The summed E-state index contributed by atoms with van der Waals surface area (Å²) in [5.41, 5.74) is 0.438. The normalized spacial score (nSPS) is 11.6. The van der Waals surface area contributed by atoms with Crippen LogP contribution in [0.4, 0.5) is 5.13 Å². The number of thiazole rings is 1. The summed E-state index contributed by atoms with van der Waals surface area (Å²) in [5, 5.41) is 2.41. The fourth-order valence-electron chi connectivity index (χ4n) is 2.84. The van der Waals surface area contributed by atoms with E-state index >= 15 is 0 Å². The predicted octanol–water partition coefficient (Wildman–Crippen LogP) is 2.61. The van der Waals surface area contributed by atoms with Crippen LogP contribution >= 0.6 is 11.3 Å². The van der Waals surface area contributed by atoms with Crippen LogP contribution in [0.3, 0.4) is 0 Å². The molecule has 0 aliphatic rings. The van der Waals surface area contributed by atoms with Crippen molar-refractivity contribution in [1.82, 2.24) is 19.5 Å². The maximum Gasteiger partial charge on any atom is 0.274 e. The Labute approximate surface area is 166 Å². The summed E-state index contributed by atoms with van der Waals surface area (Å²) in [6.07, 6.45) is 1.65. The number of ether oxygens (including phenoxy) is 1. The monoisotopic (exact) mass is 401 g/mol. The number of fused-ring (bicyclic) bond motifs is 1. The Kier molecular flexibility index (Phi) is 5.46. The zero-order valence-corrected chi connectivity index (χ0v) is 17.4. The van der Waals surface area contributed by atoms with Crippen molar-refractivity contribution in [2.24, 2.45) is 0 Å². The zero-order valence-electron chi connectivity index (χ0n) is 16.6. The number of carbonyl (C=O) groups excluding carboxylic acids is 1. The number of methoxy groups -OCH3 is 1. The first-order chi connectivity index (χ1) is 13.3. The molecule has 0 aliphatic heterocycles. The van der Waals surface area contributed by atoms with E-state index in [1.54, 1.807) is 23.2 Å². The number of hydrogen-bond donors (Lipinski definition) is 0. The van der Waals surface area contributed by atoms with Crippen LogP contribution in [0, 0.1) is 0 Å². The molecule has 0 atom stereocenters. The molecule has 0 N–H and O–H groups in total. The molecule has 3 rings (SSSR count). The Morgan fingerprint density at radius 1 is 1.29 bits per heavy atom. The van der Waals surface area contributed by atoms with E-state index in [4.69, 9.17) is 4.74 Å². The highest BCUT2D eigenvalue weighted by Gasteiger charge is 2.25. The molecule has 0 radical (unpaired) electrons. The molecule has 8 nitrogen and oxygen atoms in total. The van der Waals surface area contributed by atoms with Gasteiger partial charge in [-0.15, -0.1) is 11.3 Å². The van der Waals surface area contributed by atoms with Gasteiger partial charge in [-0.1, -0.05) is 20.8 Å². The molecule has 0 saturated heterocycles. The number of nitrogens with zero attached hydrogens (tertiary/aromatic N) is 5. The minimum Gasteiger partial charge on any atom is -0.481 e. The first kappa shape index (κ1) is 19.9. The number of likely N-dealkylation sites (N-methyl/N-ethyl adjacent to an activating group) is 1. The lowest BCUT2D eigenvalue weighted by atomic mass is 9.92. The second kappa shape index (κ2) is 7.67. The van der Waals surface area contributed by atoms with Crippen LogP contribution in [0.15, 0.2) is 28.5 Å². The van der Waals surface area contributed by atoms with Crippen LogP contribution in [0.5, 0.6) is 5.88 Å². The lowest BCUT2D eigenvalue weighted by molar-refractivity contribution is -0.119. The van der Waals surface area contributed by atoms with Gasteiger partial charge in [0.1, 0.15) is 17.8 Å². The Hall–Kier alpha value is -2.81. The van der Waals surface area contributed by atoms with Crippen molar-refractivity contribution in [3.63, 3.8) is 0 Å². The Morgan fingerprint density at radius 2 is 2.04 bits per heavy atom. The van der Waals surface area contributed by atoms with E-state index in [1.165, 1.54) is 23.0 Å². The van der Waals surface area contributed by atoms with Crippen LogP contribution in [-0.4, -0.2) is 39.1 Å². The van der Waals surface area contributed by atoms with Crippen LogP contribution in [-0.2, 0) is 16.8 Å². The number of rotatable bonds is 5. The molecule has 9 heteroatoms. The molecular weight excluding hydrogens is 378 g/mol. The highest BCUT2D eigenvalue weighted by molar-refractivity contribution is 7.13. The van der Waals surface area contributed by atoms with Crippen molar-refractivity contribution >= 4 is 33.5 Å². The van der Waals surface area contributed by atoms with Crippen molar-refractivity contribution in [1.29, 1.82) is 0 Å². The van der Waals surface area contributed by atoms with Crippen LogP contribution < -0.4 is 15.2 Å². The fourth-order valence-corrected chi connectivity index (χ4v) is 3.56. The number of carbonyl (C=O) groups is 1. The lowest BCUT2D eigenvalue weighted by Crippen LogP contribution is -2.39. The predicted molar refractivity (Wildman–Crippen MR) is 109 cm³/mol. The maximum atomic E-state index is 13.2. The van der Waals surface area contributed by atoms with Crippen molar-refractivity contribution in [3.05, 3.63) is 39.8 Å². The molecule has 0 unspecified atom stereocenters. The first-order valence-corrected chi connectivity index (χ1v) is 9.80. The van der Waals surface area contributed by atoms with Gasteiger partial charge in [0.15, 0.2) is 10.8 Å². The van der Waals surface area contributed by atoms with Crippen molar-refractivity contribution in [2.75, 3.05) is 18.6 Å². The second-order valence-electron chi connectivity index (χ2n) is 7.25. The zero-order chi connectivity index (χ0) is 20.5. The van der Waals surface area contributed by atoms with Gasteiger partial charge in [0.05, 0.1) is 7.11 Å². The largest absolute Gasteiger partial charge is 0.481 e. The quantitative estimate of drug-likeness (QED) is 0.653. The molecule has 3 heterocycles. The summed E-state index contributed by atoms with van der Waals surface area (Å²) in [6, 6.07) is 3.43. The molecule has 0 saturated carbocycles. The van der Waals surface area contributed by atoms with Crippen LogP contribution in [0.25, 0.3) is 11.2 Å². The maximum absolute atomic E-state index is 13.2. The summed E-state index contributed by atoms with van der Waals surface area (Å²) < 4.78 is 6.57. The molecule has 0 aliphatic carbocycles. The Balaban J connectivity index is 2.15. The number of hydrogen-bond acceptors (Lipinski definition) is 7. The molecule has 0 fully saturated rings. The van der Waals surface area contributed by atoms with Crippen molar-refractivity contribution in [2.45, 2.75) is 39.7 Å². The fraction of sp³-hybridized carbons (Fsp3) is 0.421. The van der Waals surface area contributed by atoms with Crippen LogP contribution in [0.2, 0.25) is 0 Å². The Bertz CT molecular complexity index is 1050. The van der Waals surface area contributed by atoms with Gasteiger partial charge in [-0.05, 0) is 13.0 Å². The average Bonchev–Trinajstić information content (AvgIpc) is 3.17. The molecule has 0 bridgehead atoms. The van der Waals surface area contributed by atoms with E-state index < -0.39 is 5.41 Å². The van der Waals surface area contributed by atoms with Gasteiger partial charge in [0, 0.05) is 29.6 Å². The van der Waals surface area contributed by atoms with E-state index in [2.05, 4.69) is 15.0 Å². The lowest BCUT2D eigenvalue weighted by Gasteiger charge is -2.22. The highest BCUT2D eigenvalue weighted by Crippen LogP contribution is 2.22. The number of pyridine rings is 1. The minimum atomic E-state index is -0.476. The molecular formula is C19H23N5O3S. The number of anilines is 1. The number of aromatic nitrogens is 4. The molecule has 3 aromatic rings. The van der Waals surface area contributed by atoms with E-state index in [0.29, 0.717) is 34.4 Å². The minimum absolute atomic E-state index is 0.158. The second-order valence-corrected chi connectivity index (χ2v) is 8.12. The topological polar surface area (TPSA) is 90.2 Å². The van der Waals surface area contributed by atoms with Gasteiger partial charge in [-0.3, -0.25) is 19.1 Å². The molecule has 0 aromatic carbocycles. The highest BCUT2D eigenvalue weighted by atomic mass is 32.1. The average molecular weight is 401 g/mol. The van der Waals surface area contributed by atoms with Crippen molar-refractivity contribution in [3.8, 4) is 5.88 Å². The molecule has 28 heavy (non-hydrogen) atoms. The molecule has 0 spiro atoms. The third-order valence-electron chi connectivity index (χ3n) is 4.25. The van der Waals surface area contributed by atoms with Gasteiger partial charge < -0.3 is 4.74 Å². The summed E-state index contributed by atoms with van der Waals surface area (Å²) in [5.74, 6) is 0.113. The molecule has 3 aromatic heterocycles. The summed E-state index contributed by atoms with van der Waals surface area (Å²) in [6.45, 7) is 7.91. The summed E-state index contributed by atoms with van der Waals surface area (Å²) >= 11 is 1.37. The van der Waals surface area contributed by atoms with Crippen molar-refractivity contribution < 1.29 is 9.53 Å².